The molecule has 1 aliphatic rings. The van der Waals surface area contributed by atoms with Crippen LogP contribution in [0.2, 0.25) is 0 Å². The fourth-order valence-corrected chi connectivity index (χ4v) is 3.99. The molecule has 3 aromatic rings. The summed E-state index contributed by atoms with van der Waals surface area (Å²) in [5.41, 5.74) is 2.11. The lowest BCUT2D eigenvalue weighted by Crippen LogP contribution is -2.33. The van der Waals surface area contributed by atoms with Crippen molar-refractivity contribution in [2.45, 2.75) is 24.4 Å². The molecule has 0 atom stereocenters. The van der Waals surface area contributed by atoms with Gasteiger partial charge >= 0.3 is 6.18 Å². The first kappa shape index (κ1) is 24.9. The second-order valence-corrected chi connectivity index (χ2v) is 8.20. The number of hydrazine groups is 1. The topological polar surface area (TPSA) is 128 Å². The molecule has 1 fully saturated rings. The molecule has 0 bridgehead atoms. The highest BCUT2D eigenvalue weighted by molar-refractivity contribution is 6.07. The number of carbonyl (C=O) groups is 1. The van der Waals surface area contributed by atoms with Crippen molar-refractivity contribution in [3.05, 3.63) is 77.4 Å². The molecule has 2 aromatic carbocycles. The third-order valence-corrected chi connectivity index (χ3v) is 6.05. The van der Waals surface area contributed by atoms with E-state index in [-0.39, 0.29) is 28.6 Å². The molecule has 1 aliphatic carbocycles. The predicted molar refractivity (Wildman–Crippen MR) is 125 cm³/mol. The molecule has 188 valence electrons. The van der Waals surface area contributed by atoms with Crippen LogP contribution >= 0.6 is 0 Å². The Hall–Kier alpha value is -4.19. The second kappa shape index (κ2) is 9.46. The summed E-state index contributed by atoms with van der Waals surface area (Å²) in [6.07, 6.45) is -2.49. The molecule has 0 aliphatic heterocycles. The monoisotopic (exact) mass is 502 g/mol. The van der Waals surface area contributed by atoms with E-state index < -0.39 is 23.1 Å². The minimum atomic E-state index is -4.64. The van der Waals surface area contributed by atoms with E-state index in [1.165, 1.54) is 49.6 Å². The lowest BCUT2D eigenvalue weighted by molar-refractivity contribution is -0.141. The number of hydrogen-bond donors (Lipinski definition) is 4. The minimum absolute atomic E-state index is 0.0177. The Morgan fingerprint density at radius 2 is 1.89 bits per heavy atom. The van der Waals surface area contributed by atoms with Gasteiger partial charge in [-0.15, -0.1) is 0 Å². The van der Waals surface area contributed by atoms with Gasteiger partial charge < -0.3 is 21.3 Å². The smallest absolute Gasteiger partial charge is 0.433 e. The summed E-state index contributed by atoms with van der Waals surface area (Å²) in [4.78, 5) is 16.6. The predicted octanol–water partition coefficient (Wildman–Crippen LogP) is 3.67. The largest absolute Gasteiger partial charge is 0.494 e. The number of aromatic nitrogens is 1. The standard InChI is InChI=1S/C24H22F4N6O2/c1-36-19-11-14(2-5-18(19)25)23(7-8-23)22(35)32-15-3-4-16(17(12-15)21(33-29)34-30)13-6-9-31-20(10-13)24(26,27)28/h2-6,9-12H,7-8,29-30H2,1H3,(H,32,35)(H,33,34). The van der Waals surface area contributed by atoms with E-state index in [0.717, 1.165) is 12.3 Å². The number of anilines is 1. The number of amidine groups is 1. The van der Waals surface area contributed by atoms with Crippen molar-refractivity contribution in [2.75, 3.05) is 12.4 Å². The van der Waals surface area contributed by atoms with Crippen LogP contribution in [0, 0.1) is 5.82 Å². The number of pyridine rings is 1. The van der Waals surface area contributed by atoms with E-state index in [2.05, 4.69) is 20.8 Å². The van der Waals surface area contributed by atoms with Gasteiger partial charge in [-0.1, -0.05) is 12.1 Å². The van der Waals surface area contributed by atoms with Crippen molar-refractivity contribution in [1.82, 2.24) is 10.4 Å². The third-order valence-electron chi connectivity index (χ3n) is 6.05. The maximum absolute atomic E-state index is 13.9. The molecule has 0 radical (unpaired) electrons. The van der Waals surface area contributed by atoms with Crippen LogP contribution in [0.5, 0.6) is 5.75 Å². The highest BCUT2D eigenvalue weighted by atomic mass is 19.4. The van der Waals surface area contributed by atoms with Crippen LogP contribution in [0.15, 0.2) is 59.8 Å². The number of amides is 1. The maximum atomic E-state index is 13.9. The number of halogens is 4. The van der Waals surface area contributed by atoms with Gasteiger partial charge in [0.15, 0.2) is 17.4 Å². The molecular weight excluding hydrogens is 480 g/mol. The molecule has 1 amide bonds. The summed E-state index contributed by atoms with van der Waals surface area (Å²) in [5.74, 6) is 10.1. The van der Waals surface area contributed by atoms with Gasteiger partial charge in [-0.05, 0) is 65.9 Å². The number of benzene rings is 2. The summed E-state index contributed by atoms with van der Waals surface area (Å²) in [6.45, 7) is 0. The van der Waals surface area contributed by atoms with Crippen molar-refractivity contribution in [2.24, 2.45) is 16.8 Å². The van der Waals surface area contributed by atoms with Crippen LogP contribution in [-0.4, -0.2) is 23.8 Å². The quantitative estimate of drug-likeness (QED) is 0.134. The molecule has 0 saturated heterocycles. The number of carbonyl (C=O) groups excluding carboxylic acids is 1. The highest BCUT2D eigenvalue weighted by Gasteiger charge is 2.51. The summed E-state index contributed by atoms with van der Waals surface area (Å²) in [6, 6.07) is 11.1. The van der Waals surface area contributed by atoms with Gasteiger partial charge in [0.25, 0.3) is 0 Å². The number of hydrazone groups is 1. The van der Waals surface area contributed by atoms with Gasteiger partial charge in [-0.25, -0.2) is 10.2 Å². The van der Waals surface area contributed by atoms with Crippen molar-refractivity contribution in [3.8, 4) is 16.9 Å². The Balaban J connectivity index is 1.69. The number of methoxy groups -OCH3 is 1. The van der Waals surface area contributed by atoms with E-state index in [1.54, 1.807) is 0 Å². The summed E-state index contributed by atoms with van der Waals surface area (Å²) in [5, 5.41) is 6.39. The Morgan fingerprint density at radius 3 is 2.50 bits per heavy atom. The zero-order chi connectivity index (χ0) is 26.1. The molecule has 6 N–H and O–H groups in total. The van der Waals surface area contributed by atoms with Crippen LogP contribution < -0.4 is 27.2 Å². The van der Waals surface area contributed by atoms with E-state index in [1.807, 2.05) is 0 Å². The van der Waals surface area contributed by atoms with Crippen molar-refractivity contribution in [1.29, 1.82) is 0 Å². The average molecular weight is 502 g/mol. The first-order valence-electron chi connectivity index (χ1n) is 10.7. The van der Waals surface area contributed by atoms with E-state index >= 15 is 0 Å². The summed E-state index contributed by atoms with van der Waals surface area (Å²) in [7, 11) is 1.34. The second-order valence-electron chi connectivity index (χ2n) is 8.20. The van der Waals surface area contributed by atoms with Gasteiger partial charge in [0.05, 0.1) is 12.5 Å². The van der Waals surface area contributed by atoms with Crippen molar-refractivity contribution in [3.63, 3.8) is 0 Å². The summed E-state index contributed by atoms with van der Waals surface area (Å²) < 4.78 is 58.5. The number of nitrogens with one attached hydrogen (secondary N) is 2. The van der Waals surface area contributed by atoms with Gasteiger partial charge in [0.2, 0.25) is 5.91 Å². The van der Waals surface area contributed by atoms with E-state index in [4.69, 9.17) is 16.4 Å². The number of alkyl halides is 3. The van der Waals surface area contributed by atoms with E-state index in [9.17, 15) is 22.4 Å². The van der Waals surface area contributed by atoms with Crippen LogP contribution in [-0.2, 0) is 16.4 Å². The van der Waals surface area contributed by atoms with Gasteiger partial charge in [0, 0.05) is 17.4 Å². The molecule has 0 unspecified atom stereocenters. The Labute approximate surface area is 203 Å². The lowest BCUT2D eigenvalue weighted by atomic mass is 9.94. The normalized spacial score (nSPS) is 14.8. The Kier molecular flexibility index (Phi) is 6.55. The maximum Gasteiger partial charge on any atom is 0.433 e. The molecule has 0 spiro atoms. The fourth-order valence-electron chi connectivity index (χ4n) is 3.99. The lowest BCUT2D eigenvalue weighted by Gasteiger charge is -2.19. The molecule has 1 heterocycles. The SMILES string of the molecule is COc1cc(C2(C(=O)Nc3ccc(-c4ccnc(C(F)(F)F)c4)c(/C(=N/N)NN)c3)CC2)ccc1F. The summed E-state index contributed by atoms with van der Waals surface area (Å²) >= 11 is 0. The van der Waals surface area contributed by atoms with Crippen LogP contribution in [0.25, 0.3) is 11.1 Å². The number of hydrogen-bond acceptors (Lipinski definition) is 6. The van der Waals surface area contributed by atoms with Crippen LogP contribution in [0.4, 0.5) is 23.2 Å². The highest BCUT2D eigenvalue weighted by Crippen LogP contribution is 2.50. The average Bonchev–Trinajstić information content (AvgIpc) is 3.67. The first-order chi connectivity index (χ1) is 17.1. The van der Waals surface area contributed by atoms with Crippen LogP contribution in [0.3, 0.4) is 0 Å². The fraction of sp³-hybridized carbons (Fsp3) is 0.208. The van der Waals surface area contributed by atoms with Gasteiger partial charge in [-0.3, -0.25) is 9.78 Å². The molecule has 4 rings (SSSR count). The molecule has 1 aromatic heterocycles. The van der Waals surface area contributed by atoms with Crippen molar-refractivity contribution < 1.29 is 27.1 Å². The number of ether oxygens (including phenoxy) is 1. The number of nitrogens with two attached hydrogens (primary N) is 2. The number of nitrogens with zero attached hydrogens (tertiary/aromatic N) is 2. The third kappa shape index (κ3) is 4.67. The van der Waals surface area contributed by atoms with E-state index in [0.29, 0.717) is 29.7 Å². The zero-order valence-electron chi connectivity index (χ0n) is 19.0. The van der Waals surface area contributed by atoms with Crippen molar-refractivity contribution >= 4 is 17.4 Å². The zero-order valence-corrected chi connectivity index (χ0v) is 19.0. The Morgan fingerprint density at radius 1 is 1.14 bits per heavy atom. The minimum Gasteiger partial charge on any atom is -0.494 e. The molecular formula is C24H22F4N6O2. The Bertz CT molecular complexity index is 1340. The molecule has 8 nitrogen and oxygen atoms in total. The molecule has 12 heteroatoms. The van der Waals surface area contributed by atoms with Gasteiger partial charge in [0.1, 0.15) is 5.69 Å². The molecule has 1 saturated carbocycles. The van der Waals surface area contributed by atoms with Gasteiger partial charge in [-0.2, -0.15) is 18.3 Å². The number of rotatable bonds is 6. The first-order valence-corrected chi connectivity index (χ1v) is 10.7. The van der Waals surface area contributed by atoms with Crippen LogP contribution in [0.1, 0.15) is 29.7 Å². The molecule has 36 heavy (non-hydrogen) atoms.